The highest BCUT2D eigenvalue weighted by molar-refractivity contribution is 4.95. The Morgan fingerprint density at radius 3 is 2.93 bits per heavy atom. The van der Waals surface area contributed by atoms with Crippen molar-refractivity contribution >= 4 is 0 Å². The molecule has 0 radical (unpaired) electrons. The number of rotatable bonds is 3. The third-order valence-corrected chi connectivity index (χ3v) is 3.32. The number of terminal acetylenes is 1. The van der Waals surface area contributed by atoms with Gasteiger partial charge in [0, 0.05) is 37.6 Å². The summed E-state index contributed by atoms with van der Waals surface area (Å²) < 4.78 is 0. The van der Waals surface area contributed by atoms with Crippen LogP contribution < -0.4 is 5.32 Å². The van der Waals surface area contributed by atoms with E-state index in [0.717, 1.165) is 26.1 Å². The molecule has 2 nitrogen and oxygen atoms in total. The van der Waals surface area contributed by atoms with Crippen molar-refractivity contribution in [3.63, 3.8) is 0 Å². The minimum Gasteiger partial charge on any atom is -0.309 e. The Hall–Kier alpha value is -0.520. The number of piperazine rings is 1. The van der Waals surface area contributed by atoms with Gasteiger partial charge in [-0.25, -0.2) is 0 Å². The normalized spacial score (nSPS) is 31.0. The minimum atomic E-state index is 0.279. The second-order valence-corrected chi connectivity index (χ2v) is 4.57. The molecule has 1 saturated heterocycles. The van der Waals surface area contributed by atoms with Crippen LogP contribution in [0.1, 0.15) is 33.6 Å². The van der Waals surface area contributed by atoms with Crippen LogP contribution in [-0.2, 0) is 0 Å². The van der Waals surface area contributed by atoms with E-state index in [2.05, 4.69) is 36.9 Å². The monoisotopic (exact) mass is 194 g/mol. The Kier molecular flexibility index (Phi) is 3.97. The van der Waals surface area contributed by atoms with E-state index in [1.54, 1.807) is 0 Å². The molecule has 0 aromatic rings. The van der Waals surface area contributed by atoms with E-state index in [9.17, 15) is 0 Å². The van der Waals surface area contributed by atoms with E-state index in [-0.39, 0.29) is 5.54 Å². The maximum atomic E-state index is 5.34. The van der Waals surface area contributed by atoms with Gasteiger partial charge in [-0.1, -0.05) is 6.92 Å². The van der Waals surface area contributed by atoms with Crippen molar-refractivity contribution in [2.75, 3.05) is 19.6 Å². The van der Waals surface area contributed by atoms with Crippen molar-refractivity contribution in [3.8, 4) is 12.3 Å². The summed E-state index contributed by atoms with van der Waals surface area (Å²) in [6.07, 6.45) is 7.38. The van der Waals surface area contributed by atoms with Gasteiger partial charge in [-0.3, -0.25) is 4.90 Å². The Morgan fingerprint density at radius 1 is 1.64 bits per heavy atom. The van der Waals surface area contributed by atoms with Gasteiger partial charge in [-0.15, -0.1) is 12.3 Å². The zero-order valence-corrected chi connectivity index (χ0v) is 9.64. The van der Waals surface area contributed by atoms with Crippen molar-refractivity contribution < 1.29 is 0 Å². The average molecular weight is 194 g/mol. The molecular formula is C12H22N2. The largest absolute Gasteiger partial charge is 0.309 e. The standard InChI is InChI=1S/C12H22N2/c1-5-7-11(3)14-9-8-13-12(4,6-2)10-14/h1,11,13H,6-10H2,2-4H3. The molecule has 2 atom stereocenters. The van der Waals surface area contributed by atoms with Gasteiger partial charge in [-0.2, -0.15) is 0 Å². The average Bonchev–Trinajstić information content (AvgIpc) is 2.18. The summed E-state index contributed by atoms with van der Waals surface area (Å²) in [7, 11) is 0. The van der Waals surface area contributed by atoms with Crippen molar-refractivity contribution in [2.45, 2.75) is 45.2 Å². The molecule has 1 N–H and O–H groups in total. The van der Waals surface area contributed by atoms with Crippen LogP contribution in [0.2, 0.25) is 0 Å². The van der Waals surface area contributed by atoms with Gasteiger partial charge in [0.2, 0.25) is 0 Å². The molecule has 14 heavy (non-hydrogen) atoms. The maximum absolute atomic E-state index is 5.34. The highest BCUT2D eigenvalue weighted by atomic mass is 15.2. The lowest BCUT2D eigenvalue weighted by Crippen LogP contribution is -2.60. The topological polar surface area (TPSA) is 15.3 Å². The number of nitrogens with zero attached hydrogens (tertiary/aromatic N) is 1. The third kappa shape index (κ3) is 2.73. The first-order valence-corrected chi connectivity index (χ1v) is 5.54. The SMILES string of the molecule is C#CCC(C)N1CCNC(C)(CC)C1. The molecule has 0 aromatic heterocycles. The molecule has 0 spiro atoms. The molecular weight excluding hydrogens is 172 g/mol. The Morgan fingerprint density at radius 2 is 2.36 bits per heavy atom. The molecule has 0 aliphatic carbocycles. The quantitative estimate of drug-likeness (QED) is 0.685. The lowest BCUT2D eigenvalue weighted by molar-refractivity contribution is 0.106. The summed E-state index contributed by atoms with van der Waals surface area (Å²) in [5, 5.41) is 3.58. The second kappa shape index (κ2) is 4.82. The lowest BCUT2D eigenvalue weighted by Gasteiger charge is -2.43. The lowest BCUT2D eigenvalue weighted by atomic mass is 9.94. The first-order chi connectivity index (χ1) is 6.61. The maximum Gasteiger partial charge on any atom is 0.0278 e. The Labute approximate surface area is 88.1 Å². The Bertz CT molecular complexity index is 219. The number of hydrogen-bond donors (Lipinski definition) is 1. The molecule has 0 bridgehead atoms. The first-order valence-electron chi connectivity index (χ1n) is 5.54. The predicted octanol–water partition coefficient (Wildman–Crippen LogP) is 1.47. The van der Waals surface area contributed by atoms with E-state index >= 15 is 0 Å². The fourth-order valence-corrected chi connectivity index (χ4v) is 2.00. The molecule has 1 heterocycles. The van der Waals surface area contributed by atoms with Crippen molar-refractivity contribution in [1.29, 1.82) is 0 Å². The van der Waals surface area contributed by atoms with Crippen LogP contribution in [0.15, 0.2) is 0 Å². The van der Waals surface area contributed by atoms with Crippen molar-refractivity contribution in [3.05, 3.63) is 0 Å². The summed E-state index contributed by atoms with van der Waals surface area (Å²) in [4.78, 5) is 2.50. The smallest absolute Gasteiger partial charge is 0.0278 e. The second-order valence-electron chi connectivity index (χ2n) is 4.57. The molecule has 2 heteroatoms. The van der Waals surface area contributed by atoms with Gasteiger partial charge in [-0.05, 0) is 20.3 Å². The first kappa shape index (κ1) is 11.6. The summed E-state index contributed by atoms with van der Waals surface area (Å²) in [6, 6.07) is 0.521. The molecule has 1 fully saturated rings. The highest BCUT2D eigenvalue weighted by Crippen LogP contribution is 2.17. The molecule has 1 aliphatic rings. The molecule has 0 saturated carbocycles. The zero-order valence-electron chi connectivity index (χ0n) is 9.64. The van der Waals surface area contributed by atoms with Crippen LogP contribution in [0.4, 0.5) is 0 Å². The minimum absolute atomic E-state index is 0.279. The van der Waals surface area contributed by atoms with E-state index in [1.165, 1.54) is 6.42 Å². The van der Waals surface area contributed by atoms with Crippen LogP contribution in [0.3, 0.4) is 0 Å². The van der Waals surface area contributed by atoms with Gasteiger partial charge >= 0.3 is 0 Å². The summed E-state index contributed by atoms with van der Waals surface area (Å²) in [5.74, 6) is 2.75. The van der Waals surface area contributed by atoms with E-state index in [0.29, 0.717) is 6.04 Å². The van der Waals surface area contributed by atoms with Gasteiger partial charge in [0.25, 0.3) is 0 Å². The highest BCUT2D eigenvalue weighted by Gasteiger charge is 2.30. The van der Waals surface area contributed by atoms with Crippen LogP contribution in [-0.4, -0.2) is 36.1 Å². The molecule has 1 aliphatic heterocycles. The fourth-order valence-electron chi connectivity index (χ4n) is 2.00. The summed E-state index contributed by atoms with van der Waals surface area (Å²) in [6.45, 7) is 10.1. The van der Waals surface area contributed by atoms with Crippen molar-refractivity contribution in [2.24, 2.45) is 0 Å². The van der Waals surface area contributed by atoms with Gasteiger partial charge < -0.3 is 5.32 Å². The molecule has 80 valence electrons. The van der Waals surface area contributed by atoms with Crippen LogP contribution in [0, 0.1) is 12.3 Å². The number of hydrogen-bond acceptors (Lipinski definition) is 2. The molecule has 0 aromatic carbocycles. The van der Waals surface area contributed by atoms with Crippen LogP contribution in [0.5, 0.6) is 0 Å². The Balaban J connectivity index is 2.52. The van der Waals surface area contributed by atoms with Crippen LogP contribution >= 0.6 is 0 Å². The third-order valence-electron chi connectivity index (χ3n) is 3.32. The van der Waals surface area contributed by atoms with Gasteiger partial charge in [0.05, 0.1) is 0 Å². The van der Waals surface area contributed by atoms with Gasteiger partial charge in [0.1, 0.15) is 0 Å². The van der Waals surface area contributed by atoms with E-state index < -0.39 is 0 Å². The van der Waals surface area contributed by atoms with E-state index in [4.69, 9.17) is 6.42 Å². The molecule has 1 rings (SSSR count). The molecule has 2 unspecified atom stereocenters. The predicted molar refractivity (Wildman–Crippen MR) is 61.2 cm³/mol. The van der Waals surface area contributed by atoms with Crippen molar-refractivity contribution in [1.82, 2.24) is 10.2 Å². The van der Waals surface area contributed by atoms with Gasteiger partial charge in [0.15, 0.2) is 0 Å². The summed E-state index contributed by atoms with van der Waals surface area (Å²) in [5.41, 5.74) is 0.279. The molecule has 0 amide bonds. The fraction of sp³-hybridized carbons (Fsp3) is 0.833. The zero-order chi connectivity index (χ0) is 10.6. The summed E-state index contributed by atoms with van der Waals surface area (Å²) >= 11 is 0. The van der Waals surface area contributed by atoms with E-state index in [1.807, 2.05) is 0 Å². The van der Waals surface area contributed by atoms with Crippen LogP contribution in [0.25, 0.3) is 0 Å². The number of nitrogens with one attached hydrogen (secondary N) is 1.